The highest BCUT2D eigenvalue weighted by atomic mass is 19.4. The van der Waals surface area contributed by atoms with Gasteiger partial charge in [-0.15, -0.1) is 10.2 Å². The molecule has 1 saturated heterocycles. The highest BCUT2D eigenvalue weighted by Crippen LogP contribution is 2.27. The van der Waals surface area contributed by atoms with Crippen LogP contribution in [0.3, 0.4) is 0 Å². The van der Waals surface area contributed by atoms with Crippen LogP contribution in [-0.4, -0.2) is 29.1 Å². The van der Waals surface area contributed by atoms with Crippen molar-refractivity contribution in [3.63, 3.8) is 0 Å². The van der Waals surface area contributed by atoms with E-state index in [4.69, 9.17) is 0 Å². The molecule has 1 aliphatic rings. The molecule has 17 heavy (non-hydrogen) atoms. The maximum absolute atomic E-state index is 12.3. The van der Waals surface area contributed by atoms with Crippen LogP contribution in [0.4, 0.5) is 19.0 Å². The summed E-state index contributed by atoms with van der Waals surface area (Å²) in [5, 5.41) is 6.63. The van der Waals surface area contributed by atoms with Crippen LogP contribution in [0.1, 0.15) is 18.5 Å². The Kier molecular flexibility index (Phi) is 2.99. The number of alkyl halides is 3. The van der Waals surface area contributed by atoms with E-state index in [-0.39, 0.29) is 12.3 Å². The highest BCUT2D eigenvalue weighted by molar-refractivity contribution is 5.84. The number of ketones is 1. The monoisotopic (exact) mass is 245 g/mol. The molecule has 0 aromatic carbocycles. The first kappa shape index (κ1) is 11.8. The van der Waals surface area contributed by atoms with Crippen molar-refractivity contribution in [1.82, 2.24) is 10.2 Å². The number of Topliss-reactive ketones (excluding diaryl/α,β-unsaturated/α-hetero) is 1. The molecule has 2 heterocycles. The fourth-order valence-corrected chi connectivity index (χ4v) is 1.68. The third kappa shape index (κ3) is 2.72. The van der Waals surface area contributed by atoms with Gasteiger partial charge >= 0.3 is 6.18 Å². The van der Waals surface area contributed by atoms with Gasteiger partial charge in [0.25, 0.3) is 0 Å². The number of carbonyl (C=O) groups excluding carboxylic acids is 1. The first-order chi connectivity index (χ1) is 7.97. The molecule has 1 aromatic heterocycles. The van der Waals surface area contributed by atoms with Crippen LogP contribution in [0.15, 0.2) is 12.1 Å². The molecule has 92 valence electrons. The van der Waals surface area contributed by atoms with Gasteiger partial charge in [-0.25, -0.2) is 0 Å². The zero-order valence-electron chi connectivity index (χ0n) is 8.87. The first-order valence-corrected chi connectivity index (χ1v) is 5.14. The maximum atomic E-state index is 12.3. The molecule has 0 radical (unpaired) electrons. The molecule has 1 fully saturated rings. The predicted molar refractivity (Wildman–Crippen MR) is 53.5 cm³/mol. The molecule has 0 amide bonds. The number of aromatic nitrogens is 2. The van der Waals surface area contributed by atoms with Crippen molar-refractivity contribution in [3.05, 3.63) is 17.8 Å². The van der Waals surface area contributed by atoms with Gasteiger partial charge in [-0.2, -0.15) is 13.2 Å². The molecule has 0 bridgehead atoms. The van der Waals surface area contributed by atoms with E-state index in [0.717, 1.165) is 6.07 Å². The maximum Gasteiger partial charge on any atom is 0.435 e. The van der Waals surface area contributed by atoms with E-state index in [0.29, 0.717) is 25.2 Å². The standard InChI is InChI=1S/C10H10F3N3O/c11-10(12,13)8-3-4-9(15-14-8)16-5-1-2-7(17)6-16/h3-4H,1-2,5-6H2. The summed E-state index contributed by atoms with van der Waals surface area (Å²) in [6, 6.07) is 2.12. The number of carbonyl (C=O) groups is 1. The topological polar surface area (TPSA) is 46.1 Å². The molecule has 1 aromatic rings. The Morgan fingerprint density at radius 2 is 2.00 bits per heavy atom. The van der Waals surface area contributed by atoms with Crippen molar-refractivity contribution in [1.29, 1.82) is 0 Å². The van der Waals surface area contributed by atoms with Crippen LogP contribution in [0.25, 0.3) is 0 Å². The lowest BCUT2D eigenvalue weighted by Gasteiger charge is -2.26. The summed E-state index contributed by atoms with van der Waals surface area (Å²) in [5.41, 5.74) is -1.02. The SMILES string of the molecule is O=C1CCCN(c2ccc(C(F)(F)F)nn2)C1. The van der Waals surface area contributed by atoms with Crippen LogP contribution < -0.4 is 4.90 Å². The third-order valence-electron chi connectivity index (χ3n) is 2.52. The molecular formula is C10H10F3N3O. The van der Waals surface area contributed by atoms with E-state index in [2.05, 4.69) is 10.2 Å². The van der Waals surface area contributed by atoms with Crippen molar-refractivity contribution in [2.45, 2.75) is 19.0 Å². The first-order valence-electron chi connectivity index (χ1n) is 5.14. The summed E-state index contributed by atoms with van der Waals surface area (Å²) in [5.74, 6) is 0.379. The Morgan fingerprint density at radius 3 is 2.53 bits per heavy atom. The molecular weight excluding hydrogens is 235 g/mol. The van der Waals surface area contributed by atoms with Crippen molar-refractivity contribution in [3.8, 4) is 0 Å². The van der Waals surface area contributed by atoms with E-state index in [1.807, 2.05) is 0 Å². The Balaban J connectivity index is 2.15. The number of nitrogens with zero attached hydrogens (tertiary/aromatic N) is 3. The summed E-state index contributed by atoms with van der Waals surface area (Å²) in [7, 11) is 0. The number of hydrogen-bond donors (Lipinski definition) is 0. The zero-order valence-corrected chi connectivity index (χ0v) is 8.87. The highest BCUT2D eigenvalue weighted by Gasteiger charge is 2.33. The fraction of sp³-hybridized carbons (Fsp3) is 0.500. The van der Waals surface area contributed by atoms with Crippen LogP contribution >= 0.6 is 0 Å². The number of rotatable bonds is 1. The lowest BCUT2D eigenvalue weighted by Crippen LogP contribution is -2.36. The largest absolute Gasteiger partial charge is 0.435 e. The van der Waals surface area contributed by atoms with Crippen LogP contribution in [0.2, 0.25) is 0 Å². The van der Waals surface area contributed by atoms with E-state index < -0.39 is 11.9 Å². The van der Waals surface area contributed by atoms with Crippen molar-refractivity contribution < 1.29 is 18.0 Å². The second-order valence-electron chi connectivity index (χ2n) is 3.84. The zero-order chi connectivity index (χ0) is 12.5. The van der Waals surface area contributed by atoms with Gasteiger partial charge in [0.2, 0.25) is 0 Å². The summed E-state index contributed by atoms with van der Waals surface area (Å²) < 4.78 is 36.8. The molecule has 7 heteroatoms. The Bertz CT molecular complexity index is 416. The normalized spacial score (nSPS) is 17.4. The van der Waals surface area contributed by atoms with Gasteiger partial charge in [0, 0.05) is 13.0 Å². The van der Waals surface area contributed by atoms with Gasteiger partial charge in [-0.1, -0.05) is 0 Å². The summed E-state index contributed by atoms with van der Waals surface area (Å²) in [6.45, 7) is 0.811. The number of anilines is 1. The predicted octanol–water partition coefficient (Wildman–Crippen LogP) is 1.66. The minimum absolute atomic E-state index is 0.0675. The Labute approximate surface area is 95.4 Å². The second-order valence-corrected chi connectivity index (χ2v) is 3.84. The molecule has 0 atom stereocenters. The van der Waals surface area contributed by atoms with Crippen LogP contribution in [0, 0.1) is 0 Å². The summed E-state index contributed by atoms with van der Waals surface area (Å²) in [4.78, 5) is 12.8. The number of hydrogen-bond acceptors (Lipinski definition) is 4. The van der Waals surface area contributed by atoms with E-state index >= 15 is 0 Å². The van der Waals surface area contributed by atoms with Gasteiger partial charge in [0.05, 0.1) is 6.54 Å². The smallest absolute Gasteiger partial charge is 0.348 e. The lowest BCUT2D eigenvalue weighted by molar-refractivity contribution is -0.141. The molecule has 0 unspecified atom stereocenters. The molecule has 0 N–H and O–H groups in total. The quantitative estimate of drug-likeness (QED) is 0.755. The Hall–Kier alpha value is -1.66. The van der Waals surface area contributed by atoms with Gasteiger partial charge in [0.15, 0.2) is 17.3 Å². The minimum Gasteiger partial charge on any atom is -0.348 e. The van der Waals surface area contributed by atoms with E-state index in [1.54, 1.807) is 4.90 Å². The molecule has 4 nitrogen and oxygen atoms in total. The number of piperidine rings is 1. The summed E-state index contributed by atoms with van der Waals surface area (Å²) in [6.07, 6.45) is -3.27. The van der Waals surface area contributed by atoms with E-state index in [9.17, 15) is 18.0 Å². The van der Waals surface area contributed by atoms with Crippen molar-refractivity contribution >= 4 is 11.6 Å². The van der Waals surface area contributed by atoms with Gasteiger partial charge in [-0.3, -0.25) is 4.79 Å². The lowest BCUT2D eigenvalue weighted by atomic mass is 10.1. The third-order valence-corrected chi connectivity index (χ3v) is 2.52. The van der Waals surface area contributed by atoms with Gasteiger partial charge in [-0.05, 0) is 18.6 Å². The van der Waals surface area contributed by atoms with Crippen LogP contribution in [0.5, 0.6) is 0 Å². The molecule has 1 aliphatic heterocycles. The van der Waals surface area contributed by atoms with E-state index in [1.165, 1.54) is 6.07 Å². The van der Waals surface area contributed by atoms with Gasteiger partial charge < -0.3 is 4.90 Å². The summed E-state index contributed by atoms with van der Waals surface area (Å²) >= 11 is 0. The minimum atomic E-state index is -4.48. The van der Waals surface area contributed by atoms with Crippen molar-refractivity contribution in [2.75, 3.05) is 18.0 Å². The molecule has 0 aliphatic carbocycles. The average molecular weight is 245 g/mol. The molecule has 2 rings (SSSR count). The Morgan fingerprint density at radius 1 is 1.24 bits per heavy atom. The second kappa shape index (κ2) is 4.31. The van der Waals surface area contributed by atoms with Crippen molar-refractivity contribution in [2.24, 2.45) is 0 Å². The van der Waals surface area contributed by atoms with Crippen LogP contribution in [-0.2, 0) is 11.0 Å². The fourth-order valence-electron chi connectivity index (χ4n) is 1.68. The molecule has 0 saturated carbocycles. The molecule has 0 spiro atoms. The average Bonchev–Trinajstić information content (AvgIpc) is 2.28. The van der Waals surface area contributed by atoms with Gasteiger partial charge in [0.1, 0.15) is 0 Å². The number of halogens is 3.